The van der Waals surface area contributed by atoms with Crippen molar-refractivity contribution in [2.45, 2.75) is 59.2 Å². The van der Waals surface area contributed by atoms with E-state index in [-0.39, 0.29) is 18.5 Å². The molecule has 2 aromatic rings. The number of nitrogens with zero attached hydrogens (tertiary/aromatic N) is 2. The highest BCUT2D eigenvalue weighted by molar-refractivity contribution is 9.10. The van der Waals surface area contributed by atoms with Gasteiger partial charge in [0.15, 0.2) is 0 Å². The zero-order valence-corrected chi connectivity index (χ0v) is 22.8. The van der Waals surface area contributed by atoms with E-state index in [0.29, 0.717) is 5.69 Å². The van der Waals surface area contributed by atoms with E-state index >= 15 is 0 Å². The highest BCUT2D eigenvalue weighted by Crippen LogP contribution is 2.20. The Bertz CT molecular complexity index is 1070. The summed E-state index contributed by atoms with van der Waals surface area (Å²) in [6.07, 6.45) is 2.66. The first-order valence-corrected chi connectivity index (χ1v) is 14.0. The van der Waals surface area contributed by atoms with Crippen molar-refractivity contribution in [3.8, 4) is 0 Å². The quantitative estimate of drug-likeness (QED) is 0.455. The lowest BCUT2D eigenvalue weighted by atomic mass is 10.1. The van der Waals surface area contributed by atoms with Crippen molar-refractivity contribution in [1.29, 1.82) is 0 Å². The second-order valence-corrected chi connectivity index (χ2v) is 11.3. The molecule has 0 saturated carbocycles. The van der Waals surface area contributed by atoms with Gasteiger partial charge in [0.05, 0.1) is 11.9 Å². The highest BCUT2D eigenvalue weighted by atomic mass is 79.9. The molecule has 34 heavy (non-hydrogen) atoms. The predicted molar refractivity (Wildman–Crippen MR) is 140 cm³/mol. The van der Waals surface area contributed by atoms with Crippen molar-refractivity contribution < 1.29 is 18.0 Å². The summed E-state index contributed by atoms with van der Waals surface area (Å²) < 4.78 is 27.2. The molecule has 0 radical (unpaired) electrons. The van der Waals surface area contributed by atoms with E-state index in [4.69, 9.17) is 0 Å². The van der Waals surface area contributed by atoms with E-state index in [1.165, 1.54) is 4.90 Å². The van der Waals surface area contributed by atoms with Crippen LogP contribution in [-0.4, -0.2) is 50.0 Å². The smallest absolute Gasteiger partial charge is 0.244 e. The molecule has 2 aromatic carbocycles. The maximum absolute atomic E-state index is 13.5. The van der Waals surface area contributed by atoms with Gasteiger partial charge in [-0.05, 0) is 62.1 Å². The summed E-state index contributed by atoms with van der Waals surface area (Å²) in [5, 5.41) is 2.92. The van der Waals surface area contributed by atoms with Crippen LogP contribution in [0.2, 0.25) is 0 Å². The zero-order valence-electron chi connectivity index (χ0n) is 20.4. The number of aryl methyl sites for hydroxylation is 1. The summed E-state index contributed by atoms with van der Waals surface area (Å²) in [5.74, 6) is -0.738. The number of rotatable bonds is 11. The molecular formula is C25H34BrN3O4S. The van der Waals surface area contributed by atoms with E-state index in [1.807, 2.05) is 57.2 Å². The van der Waals surface area contributed by atoms with Gasteiger partial charge in [0.25, 0.3) is 0 Å². The number of halogens is 1. The standard InChI is InChI=1S/C25H34BrN3O4S/c1-6-18(3)27-25(31)19(4)28(16-21-8-12-22(26)13-9-21)24(30)17-29(34(5,32)33)23-14-10-20(7-2)11-15-23/h8-15,18-19H,6-7,16-17H2,1-5H3,(H,27,31)/t18-,19+/m0/s1. The Morgan fingerprint density at radius 1 is 0.971 bits per heavy atom. The monoisotopic (exact) mass is 551 g/mol. The molecule has 186 valence electrons. The molecule has 0 aliphatic heterocycles. The van der Waals surface area contributed by atoms with Crippen molar-refractivity contribution in [3.63, 3.8) is 0 Å². The van der Waals surface area contributed by atoms with Crippen LogP contribution in [0.25, 0.3) is 0 Å². The Hall–Kier alpha value is -2.39. The van der Waals surface area contributed by atoms with Crippen molar-refractivity contribution in [2.24, 2.45) is 0 Å². The molecule has 0 aromatic heterocycles. The molecule has 0 bridgehead atoms. The molecule has 0 aliphatic rings. The summed E-state index contributed by atoms with van der Waals surface area (Å²) in [7, 11) is -3.73. The van der Waals surface area contributed by atoms with E-state index < -0.39 is 28.5 Å². The number of carbonyl (C=O) groups excluding carboxylic acids is 2. The normalized spacial score (nSPS) is 13.1. The minimum absolute atomic E-state index is 0.0378. The van der Waals surface area contributed by atoms with Crippen LogP contribution in [-0.2, 0) is 32.6 Å². The van der Waals surface area contributed by atoms with E-state index in [9.17, 15) is 18.0 Å². The van der Waals surface area contributed by atoms with Gasteiger partial charge in [-0.25, -0.2) is 8.42 Å². The van der Waals surface area contributed by atoms with Gasteiger partial charge in [-0.3, -0.25) is 13.9 Å². The van der Waals surface area contributed by atoms with Crippen LogP contribution in [0.1, 0.15) is 45.2 Å². The molecule has 0 aliphatic carbocycles. The Morgan fingerprint density at radius 3 is 2.03 bits per heavy atom. The number of anilines is 1. The van der Waals surface area contributed by atoms with Crippen LogP contribution in [0.5, 0.6) is 0 Å². The van der Waals surface area contributed by atoms with Crippen LogP contribution in [0, 0.1) is 0 Å². The Labute approximate surface area is 211 Å². The summed E-state index contributed by atoms with van der Waals surface area (Å²) in [4.78, 5) is 27.8. The van der Waals surface area contributed by atoms with Crippen molar-refractivity contribution in [2.75, 3.05) is 17.1 Å². The lowest BCUT2D eigenvalue weighted by Gasteiger charge is -2.32. The fourth-order valence-electron chi connectivity index (χ4n) is 3.35. The molecule has 2 atom stereocenters. The number of benzene rings is 2. The highest BCUT2D eigenvalue weighted by Gasteiger charge is 2.30. The fraction of sp³-hybridized carbons (Fsp3) is 0.440. The zero-order chi connectivity index (χ0) is 25.5. The molecular weight excluding hydrogens is 518 g/mol. The fourth-order valence-corrected chi connectivity index (χ4v) is 4.46. The summed E-state index contributed by atoms with van der Waals surface area (Å²) in [6, 6.07) is 13.7. The first kappa shape index (κ1) is 27.9. The predicted octanol–water partition coefficient (Wildman–Crippen LogP) is 4.11. The average Bonchev–Trinajstić information content (AvgIpc) is 2.80. The molecule has 0 fully saturated rings. The first-order valence-electron chi connectivity index (χ1n) is 11.4. The number of amides is 2. The van der Waals surface area contributed by atoms with Crippen molar-refractivity contribution in [3.05, 3.63) is 64.1 Å². The van der Waals surface area contributed by atoms with Crippen LogP contribution in [0.4, 0.5) is 5.69 Å². The van der Waals surface area contributed by atoms with Gasteiger partial charge < -0.3 is 10.2 Å². The second kappa shape index (κ2) is 12.4. The Balaban J connectivity index is 2.36. The van der Waals surface area contributed by atoms with E-state index in [2.05, 4.69) is 21.2 Å². The largest absolute Gasteiger partial charge is 0.352 e. The molecule has 2 amide bonds. The molecule has 2 rings (SSSR count). The number of nitrogens with one attached hydrogen (secondary N) is 1. The minimum Gasteiger partial charge on any atom is -0.352 e. The van der Waals surface area contributed by atoms with Crippen LogP contribution in [0.3, 0.4) is 0 Å². The third-order valence-electron chi connectivity index (χ3n) is 5.75. The Morgan fingerprint density at radius 2 is 1.53 bits per heavy atom. The summed E-state index contributed by atoms with van der Waals surface area (Å²) in [5.41, 5.74) is 2.31. The third kappa shape index (κ3) is 7.84. The van der Waals surface area contributed by atoms with Gasteiger partial charge >= 0.3 is 0 Å². The van der Waals surface area contributed by atoms with E-state index in [0.717, 1.165) is 39.0 Å². The molecule has 9 heteroatoms. The van der Waals surface area contributed by atoms with Crippen molar-refractivity contribution >= 4 is 43.5 Å². The van der Waals surface area contributed by atoms with Gasteiger partial charge in [0.2, 0.25) is 21.8 Å². The lowest BCUT2D eigenvalue weighted by Crippen LogP contribution is -2.52. The van der Waals surface area contributed by atoms with E-state index in [1.54, 1.807) is 19.1 Å². The maximum Gasteiger partial charge on any atom is 0.244 e. The first-order chi connectivity index (χ1) is 16.0. The molecule has 1 N–H and O–H groups in total. The van der Waals surface area contributed by atoms with Crippen LogP contribution in [0.15, 0.2) is 53.0 Å². The summed E-state index contributed by atoms with van der Waals surface area (Å²) >= 11 is 3.40. The third-order valence-corrected chi connectivity index (χ3v) is 7.42. The van der Waals surface area contributed by atoms with Gasteiger partial charge in [0, 0.05) is 17.1 Å². The molecule has 0 spiro atoms. The molecule has 0 saturated heterocycles. The second-order valence-electron chi connectivity index (χ2n) is 8.43. The van der Waals surface area contributed by atoms with Gasteiger partial charge in [-0.15, -0.1) is 0 Å². The van der Waals surface area contributed by atoms with Gasteiger partial charge in [0.1, 0.15) is 12.6 Å². The van der Waals surface area contributed by atoms with Gasteiger partial charge in [-0.2, -0.15) is 0 Å². The summed E-state index contributed by atoms with van der Waals surface area (Å²) in [6.45, 7) is 7.31. The maximum atomic E-state index is 13.5. The van der Waals surface area contributed by atoms with Crippen LogP contribution < -0.4 is 9.62 Å². The minimum atomic E-state index is -3.73. The van der Waals surface area contributed by atoms with Crippen molar-refractivity contribution in [1.82, 2.24) is 10.2 Å². The lowest BCUT2D eigenvalue weighted by molar-refractivity contribution is -0.139. The van der Waals surface area contributed by atoms with Gasteiger partial charge in [-0.1, -0.05) is 54.0 Å². The molecule has 0 heterocycles. The molecule has 7 nitrogen and oxygen atoms in total. The molecule has 0 unspecified atom stereocenters. The average molecular weight is 553 g/mol. The topological polar surface area (TPSA) is 86.8 Å². The number of sulfonamides is 1. The SMILES string of the molecule is CCc1ccc(N(CC(=O)N(Cc2ccc(Br)cc2)[C@H](C)C(=O)N[C@@H](C)CC)S(C)(=O)=O)cc1. The number of hydrogen-bond donors (Lipinski definition) is 1. The van der Waals surface area contributed by atoms with Crippen LogP contribution >= 0.6 is 15.9 Å². The Kier molecular flexibility index (Phi) is 10.1. The number of carbonyl (C=O) groups is 2. The number of hydrogen-bond acceptors (Lipinski definition) is 4.